The molecule has 5 heteroatoms. The minimum Gasteiger partial charge on any atom is -0.326 e. The number of carbonyl (C=O) groups is 3. The molecule has 0 saturated carbocycles. The normalized spacial score (nSPS) is 10.3. The summed E-state index contributed by atoms with van der Waals surface area (Å²) in [6.45, 7) is 7.18. The first-order valence-electron chi connectivity index (χ1n) is 8.54. The molecule has 0 fully saturated rings. The molecule has 1 N–H and O–H groups in total. The molecule has 2 amide bonds. The van der Waals surface area contributed by atoms with Gasteiger partial charge in [0.2, 0.25) is 11.8 Å². The highest BCUT2D eigenvalue weighted by atomic mass is 16.2. The predicted octanol–water partition coefficient (Wildman–Crippen LogP) is 3.89. The Bertz CT molecular complexity index is 826. The van der Waals surface area contributed by atoms with Gasteiger partial charge in [0, 0.05) is 36.8 Å². The monoisotopic (exact) mass is 352 g/mol. The summed E-state index contributed by atoms with van der Waals surface area (Å²) in [5.74, 6) is -0.329. The summed E-state index contributed by atoms with van der Waals surface area (Å²) in [6.07, 6.45) is 0.182. The molecule has 2 aromatic rings. The van der Waals surface area contributed by atoms with Gasteiger partial charge in [-0.1, -0.05) is 12.1 Å². The fourth-order valence-electron chi connectivity index (χ4n) is 2.66. The Morgan fingerprint density at radius 2 is 1.62 bits per heavy atom. The average molecular weight is 352 g/mol. The number of hydrogen-bond acceptors (Lipinski definition) is 3. The lowest BCUT2D eigenvalue weighted by atomic mass is 10.1. The van der Waals surface area contributed by atoms with Crippen LogP contribution in [0.25, 0.3) is 0 Å². The number of hydrogen-bond donors (Lipinski definition) is 1. The molecule has 26 heavy (non-hydrogen) atoms. The smallest absolute Gasteiger partial charge is 0.226 e. The Labute approximate surface area is 154 Å². The summed E-state index contributed by atoms with van der Waals surface area (Å²) in [4.78, 5) is 37.1. The van der Waals surface area contributed by atoms with E-state index in [-0.39, 0.29) is 30.6 Å². The molecular weight excluding hydrogens is 328 g/mol. The number of carbonyl (C=O) groups excluding carboxylic acids is 3. The van der Waals surface area contributed by atoms with Crippen molar-refractivity contribution in [2.24, 2.45) is 0 Å². The molecule has 0 aliphatic heterocycles. The van der Waals surface area contributed by atoms with Gasteiger partial charge in [0.25, 0.3) is 0 Å². The number of anilines is 2. The maximum Gasteiger partial charge on any atom is 0.226 e. The summed E-state index contributed by atoms with van der Waals surface area (Å²) >= 11 is 0. The first-order valence-corrected chi connectivity index (χ1v) is 8.54. The van der Waals surface area contributed by atoms with Gasteiger partial charge in [-0.05, 0) is 62.2 Å². The second-order valence-electron chi connectivity index (χ2n) is 6.32. The Hall–Kier alpha value is -2.95. The molecule has 0 atom stereocenters. The third-order valence-electron chi connectivity index (χ3n) is 4.41. The van der Waals surface area contributed by atoms with Crippen LogP contribution in [0.3, 0.4) is 0 Å². The highest BCUT2D eigenvalue weighted by Crippen LogP contribution is 2.19. The van der Waals surface area contributed by atoms with Gasteiger partial charge in [-0.15, -0.1) is 0 Å². The van der Waals surface area contributed by atoms with Gasteiger partial charge in [0.05, 0.1) is 0 Å². The lowest BCUT2D eigenvalue weighted by molar-refractivity contribution is -0.117. The van der Waals surface area contributed by atoms with Crippen molar-refractivity contribution in [3.8, 4) is 0 Å². The van der Waals surface area contributed by atoms with Crippen molar-refractivity contribution < 1.29 is 14.4 Å². The molecule has 2 aromatic carbocycles. The Morgan fingerprint density at radius 1 is 0.962 bits per heavy atom. The molecule has 2 rings (SSSR count). The van der Waals surface area contributed by atoms with Crippen molar-refractivity contribution in [1.82, 2.24) is 0 Å². The van der Waals surface area contributed by atoms with Crippen molar-refractivity contribution in [3.05, 3.63) is 59.2 Å². The van der Waals surface area contributed by atoms with E-state index in [1.54, 1.807) is 24.3 Å². The third-order valence-corrected chi connectivity index (χ3v) is 4.41. The Morgan fingerprint density at radius 3 is 2.19 bits per heavy atom. The molecule has 0 unspecified atom stereocenters. The van der Waals surface area contributed by atoms with Crippen molar-refractivity contribution in [2.75, 3.05) is 16.8 Å². The molecule has 0 saturated heterocycles. The van der Waals surface area contributed by atoms with Gasteiger partial charge in [-0.2, -0.15) is 0 Å². The zero-order chi connectivity index (χ0) is 19.3. The summed E-state index contributed by atoms with van der Waals surface area (Å²) in [6, 6.07) is 12.6. The van der Waals surface area contributed by atoms with Crippen molar-refractivity contribution in [2.45, 2.75) is 34.1 Å². The molecule has 0 heterocycles. The second kappa shape index (κ2) is 8.43. The Kier molecular flexibility index (Phi) is 6.28. The highest BCUT2D eigenvalue weighted by molar-refractivity contribution is 5.97. The van der Waals surface area contributed by atoms with E-state index in [1.165, 1.54) is 18.7 Å². The number of nitrogens with zero attached hydrogens (tertiary/aromatic N) is 1. The van der Waals surface area contributed by atoms with Crippen LogP contribution < -0.4 is 10.2 Å². The van der Waals surface area contributed by atoms with Gasteiger partial charge in [-0.25, -0.2) is 0 Å². The molecule has 0 radical (unpaired) electrons. The van der Waals surface area contributed by atoms with Crippen molar-refractivity contribution >= 4 is 29.0 Å². The molecule has 136 valence electrons. The van der Waals surface area contributed by atoms with E-state index in [0.717, 1.165) is 16.8 Å². The van der Waals surface area contributed by atoms with Gasteiger partial charge >= 0.3 is 0 Å². The van der Waals surface area contributed by atoms with Gasteiger partial charge in [0.15, 0.2) is 5.78 Å². The maximum atomic E-state index is 12.3. The first kappa shape index (κ1) is 19.4. The minimum atomic E-state index is -0.153. The van der Waals surface area contributed by atoms with Crippen LogP contribution in [0.1, 0.15) is 41.8 Å². The van der Waals surface area contributed by atoms with Gasteiger partial charge < -0.3 is 10.2 Å². The van der Waals surface area contributed by atoms with E-state index in [4.69, 9.17) is 0 Å². The number of amides is 2. The quantitative estimate of drug-likeness (QED) is 0.802. The zero-order valence-electron chi connectivity index (χ0n) is 15.6. The van der Waals surface area contributed by atoms with E-state index in [2.05, 4.69) is 5.32 Å². The van der Waals surface area contributed by atoms with E-state index in [9.17, 15) is 14.4 Å². The first-order chi connectivity index (χ1) is 12.3. The van der Waals surface area contributed by atoms with Gasteiger partial charge in [-0.3, -0.25) is 14.4 Å². The van der Waals surface area contributed by atoms with Crippen molar-refractivity contribution in [3.63, 3.8) is 0 Å². The summed E-state index contributed by atoms with van der Waals surface area (Å²) in [5, 5.41) is 2.90. The van der Waals surface area contributed by atoms with Crippen molar-refractivity contribution in [1.29, 1.82) is 0 Å². The molecule has 0 bridgehead atoms. The number of benzene rings is 2. The fraction of sp³-hybridized carbons (Fsp3) is 0.286. The highest BCUT2D eigenvalue weighted by Gasteiger charge is 2.14. The molecule has 0 aromatic heterocycles. The van der Waals surface area contributed by atoms with Crippen LogP contribution in [-0.4, -0.2) is 24.1 Å². The summed E-state index contributed by atoms with van der Waals surface area (Å²) in [5.41, 5.74) is 4.19. The van der Waals surface area contributed by atoms with Crippen LogP contribution in [0, 0.1) is 13.8 Å². The number of Topliss-reactive ketones (excluding diaryl/α,β-unsaturated/α-hetero) is 1. The van der Waals surface area contributed by atoms with E-state index in [1.807, 2.05) is 32.0 Å². The third kappa shape index (κ3) is 4.79. The predicted molar refractivity (Wildman–Crippen MR) is 104 cm³/mol. The molecule has 5 nitrogen and oxygen atoms in total. The van der Waals surface area contributed by atoms with E-state index >= 15 is 0 Å². The molecular formula is C21H24N2O3. The fourth-order valence-corrected chi connectivity index (χ4v) is 2.66. The minimum absolute atomic E-state index is 0.0289. The number of aryl methyl sites for hydroxylation is 1. The van der Waals surface area contributed by atoms with E-state index in [0.29, 0.717) is 11.3 Å². The second-order valence-corrected chi connectivity index (χ2v) is 6.32. The zero-order valence-corrected chi connectivity index (χ0v) is 15.6. The van der Waals surface area contributed by atoms with Crippen LogP contribution in [-0.2, 0) is 9.59 Å². The number of ketones is 1. The summed E-state index contributed by atoms with van der Waals surface area (Å²) < 4.78 is 0. The van der Waals surface area contributed by atoms with E-state index < -0.39 is 0 Å². The van der Waals surface area contributed by atoms with Crippen LogP contribution in [0.2, 0.25) is 0 Å². The SMILES string of the molecule is CC(=O)c1ccc(N(CCC(=O)Nc2cccc(C)c2C)C(C)=O)cc1. The molecule has 0 aliphatic carbocycles. The topological polar surface area (TPSA) is 66.5 Å². The van der Waals surface area contributed by atoms with Crippen LogP contribution >= 0.6 is 0 Å². The standard InChI is InChI=1S/C21H24N2O3/c1-14-6-5-7-20(15(14)2)22-21(26)12-13-23(17(4)25)19-10-8-18(9-11-19)16(3)24/h5-11H,12-13H2,1-4H3,(H,22,26). The lowest BCUT2D eigenvalue weighted by Crippen LogP contribution is -2.32. The van der Waals surface area contributed by atoms with Crippen LogP contribution in [0.5, 0.6) is 0 Å². The largest absolute Gasteiger partial charge is 0.326 e. The average Bonchev–Trinajstić information content (AvgIpc) is 2.59. The molecule has 0 spiro atoms. The number of nitrogens with one attached hydrogen (secondary N) is 1. The molecule has 0 aliphatic rings. The van der Waals surface area contributed by atoms with Crippen LogP contribution in [0.4, 0.5) is 11.4 Å². The van der Waals surface area contributed by atoms with Crippen LogP contribution in [0.15, 0.2) is 42.5 Å². The summed E-state index contributed by atoms with van der Waals surface area (Å²) in [7, 11) is 0. The number of rotatable bonds is 6. The lowest BCUT2D eigenvalue weighted by Gasteiger charge is -2.21. The Balaban J connectivity index is 2.04. The maximum absolute atomic E-state index is 12.3. The van der Waals surface area contributed by atoms with Gasteiger partial charge in [0.1, 0.15) is 0 Å².